The molecule has 1 unspecified atom stereocenters. The Morgan fingerprint density at radius 3 is 3.00 bits per heavy atom. The van der Waals surface area contributed by atoms with E-state index in [1.807, 2.05) is 18.5 Å². The van der Waals surface area contributed by atoms with Crippen LogP contribution < -0.4 is 0 Å². The van der Waals surface area contributed by atoms with Crippen molar-refractivity contribution in [1.29, 1.82) is 0 Å². The van der Waals surface area contributed by atoms with Gasteiger partial charge in [0.2, 0.25) is 0 Å². The first-order valence-electron chi connectivity index (χ1n) is 5.11. The third kappa shape index (κ3) is 3.11. The van der Waals surface area contributed by atoms with Crippen molar-refractivity contribution in [2.75, 3.05) is 7.11 Å². The van der Waals surface area contributed by atoms with Crippen molar-refractivity contribution >= 4 is 6.21 Å². The van der Waals surface area contributed by atoms with Gasteiger partial charge in [0.05, 0.1) is 6.10 Å². The van der Waals surface area contributed by atoms with Crippen molar-refractivity contribution in [3.05, 3.63) is 24.4 Å². The molecule has 0 amide bonds. The third-order valence-electron chi connectivity index (χ3n) is 2.69. The summed E-state index contributed by atoms with van der Waals surface area (Å²) < 4.78 is 5.33. The molecule has 1 rings (SSSR count). The van der Waals surface area contributed by atoms with Crippen LogP contribution in [0.25, 0.3) is 0 Å². The van der Waals surface area contributed by atoms with Gasteiger partial charge in [-0.25, -0.2) is 0 Å². The highest BCUT2D eigenvalue weighted by atomic mass is 16.5. The van der Waals surface area contributed by atoms with Crippen LogP contribution >= 0.6 is 0 Å². The molecule has 0 N–H and O–H groups in total. The van der Waals surface area contributed by atoms with Crippen LogP contribution in [0.5, 0.6) is 0 Å². The predicted molar refractivity (Wildman–Crippen MR) is 60.6 cm³/mol. The molecule has 1 aliphatic heterocycles. The number of hydrogen-bond acceptors (Lipinski definition) is 2. The van der Waals surface area contributed by atoms with Gasteiger partial charge in [-0.2, -0.15) is 0 Å². The maximum Gasteiger partial charge on any atom is 0.0787 e. The lowest BCUT2D eigenvalue weighted by Gasteiger charge is -2.18. The number of hydrogen-bond donors (Lipinski definition) is 0. The van der Waals surface area contributed by atoms with E-state index in [1.165, 1.54) is 0 Å². The summed E-state index contributed by atoms with van der Waals surface area (Å²) in [7, 11) is 1.74. The molecule has 0 aromatic rings. The molecule has 0 aliphatic carbocycles. The maximum atomic E-state index is 5.33. The Hall–Kier alpha value is -0.890. The minimum atomic E-state index is 0.0610. The normalized spacial score (nSPS) is 36.9. The molecule has 2 atom stereocenters. The van der Waals surface area contributed by atoms with Gasteiger partial charge in [-0.3, -0.25) is 4.99 Å². The molecule has 78 valence electrons. The van der Waals surface area contributed by atoms with E-state index in [0.29, 0.717) is 0 Å². The number of nitrogens with zero attached hydrogens (tertiary/aromatic N) is 1. The first kappa shape index (κ1) is 11.2. The van der Waals surface area contributed by atoms with E-state index in [0.717, 1.165) is 12.8 Å². The van der Waals surface area contributed by atoms with E-state index in [2.05, 4.69) is 31.0 Å². The van der Waals surface area contributed by atoms with E-state index in [1.54, 1.807) is 7.11 Å². The molecule has 0 radical (unpaired) electrons. The van der Waals surface area contributed by atoms with E-state index in [-0.39, 0.29) is 11.5 Å². The van der Waals surface area contributed by atoms with Gasteiger partial charge in [-0.05, 0) is 12.8 Å². The van der Waals surface area contributed by atoms with Gasteiger partial charge in [0.15, 0.2) is 0 Å². The second kappa shape index (κ2) is 5.11. The minimum absolute atomic E-state index is 0.0610. The summed E-state index contributed by atoms with van der Waals surface area (Å²) in [6.45, 7) is 4.35. The second-order valence-electron chi connectivity index (χ2n) is 3.89. The molecule has 0 bridgehead atoms. The molecule has 1 aliphatic rings. The Bertz CT molecular complexity index is 255. The van der Waals surface area contributed by atoms with E-state index in [4.69, 9.17) is 4.74 Å². The number of allylic oxidation sites excluding steroid dienone is 1. The van der Waals surface area contributed by atoms with Gasteiger partial charge < -0.3 is 4.74 Å². The van der Waals surface area contributed by atoms with Crippen LogP contribution in [0.15, 0.2) is 29.4 Å². The molecule has 1 heterocycles. The van der Waals surface area contributed by atoms with Crippen LogP contribution in [-0.2, 0) is 4.74 Å². The average Bonchev–Trinajstić information content (AvgIpc) is 2.30. The summed E-state index contributed by atoms with van der Waals surface area (Å²) in [5.74, 6) is 0. The zero-order valence-electron chi connectivity index (χ0n) is 9.23. The van der Waals surface area contributed by atoms with Crippen LogP contribution in [0.4, 0.5) is 0 Å². The molecule has 0 fully saturated rings. The topological polar surface area (TPSA) is 21.6 Å². The SMILES string of the molecule is CCC1(C)C=N/C=C/C[C@H](OC)/C=C/1. The van der Waals surface area contributed by atoms with Crippen LogP contribution in [0.2, 0.25) is 0 Å². The molecule has 0 aromatic heterocycles. The fourth-order valence-electron chi connectivity index (χ4n) is 1.30. The largest absolute Gasteiger partial charge is 0.377 e. The van der Waals surface area contributed by atoms with Crippen LogP contribution in [0.1, 0.15) is 26.7 Å². The molecular weight excluding hydrogens is 174 g/mol. The summed E-state index contributed by atoms with van der Waals surface area (Å²) in [6, 6.07) is 0. The summed E-state index contributed by atoms with van der Waals surface area (Å²) >= 11 is 0. The fraction of sp³-hybridized carbons (Fsp3) is 0.583. The summed E-state index contributed by atoms with van der Waals surface area (Å²) in [5, 5.41) is 0. The lowest BCUT2D eigenvalue weighted by Crippen LogP contribution is -2.14. The fourth-order valence-corrected chi connectivity index (χ4v) is 1.30. The molecule has 0 spiro atoms. The van der Waals surface area contributed by atoms with Crippen molar-refractivity contribution < 1.29 is 4.74 Å². The maximum absolute atomic E-state index is 5.33. The molecule has 0 saturated carbocycles. The zero-order valence-corrected chi connectivity index (χ0v) is 9.23. The van der Waals surface area contributed by atoms with Crippen molar-refractivity contribution in [1.82, 2.24) is 0 Å². The van der Waals surface area contributed by atoms with Gasteiger partial charge in [-0.15, -0.1) is 0 Å². The minimum Gasteiger partial charge on any atom is -0.377 e. The van der Waals surface area contributed by atoms with Crippen molar-refractivity contribution in [3.63, 3.8) is 0 Å². The Morgan fingerprint density at radius 1 is 1.57 bits per heavy atom. The molecule has 0 aromatic carbocycles. The second-order valence-corrected chi connectivity index (χ2v) is 3.89. The Kier molecular flexibility index (Phi) is 4.08. The molecule has 2 heteroatoms. The number of methoxy groups -OCH3 is 1. The average molecular weight is 193 g/mol. The number of rotatable bonds is 2. The Labute approximate surface area is 86.4 Å². The van der Waals surface area contributed by atoms with E-state index < -0.39 is 0 Å². The van der Waals surface area contributed by atoms with Gasteiger partial charge in [0.25, 0.3) is 0 Å². The van der Waals surface area contributed by atoms with E-state index >= 15 is 0 Å². The van der Waals surface area contributed by atoms with Gasteiger partial charge in [-0.1, -0.05) is 32.1 Å². The lowest BCUT2D eigenvalue weighted by atomic mass is 9.88. The highest BCUT2D eigenvalue weighted by molar-refractivity contribution is 5.68. The summed E-state index contributed by atoms with van der Waals surface area (Å²) in [5.41, 5.74) is 0.0610. The van der Waals surface area contributed by atoms with Crippen LogP contribution in [0.3, 0.4) is 0 Å². The highest BCUT2D eigenvalue weighted by Crippen LogP contribution is 2.22. The smallest absolute Gasteiger partial charge is 0.0787 e. The molecule has 0 saturated heterocycles. The van der Waals surface area contributed by atoms with Crippen LogP contribution in [0, 0.1) is 5.41 Å². The first-order valence-corrected chi connectivity index (χ1v) is 5.11. The Morgan fingerprint density at radius 2 is 2.36 bits per heavy atom. The molecular formula is C12H19NO. The summed E-state index contributed by atoms with van der Waals surface area (Å²) in [4.78, 5) is 4.27. The van der Waals surface area contributed by atoms with Gasteiger partial charge in [0, 0.05) is 24.9 Å². The van der Waals surface area contributed by atoms with Gasteiger partial charge >= 0.3 is 0 Å². The monoisotopic (exact) mass is 193 g/mol. The van der Waals surface area contributed by atoms with Crippen LogP contribution in [-0.4, -0.2) is 19.4 Å². The number of ether oxygens (including phenoxy) is 1. The van der Waals surface area contributed by atoms with Gasteiger partial charge in [0.1, 0.15) is 0 Å². The predicted octanol–water partition coefficient (Wildman–Crippen LogP) is 2.96. The first-order chi connectivity index (χ1) is 6.70. The highest BCUT2D eigenvalue weighted by Gasteiger charge is 2.16. The third-order valence-corrected chi connectivity index (χ3v) is 2.69. The molecule has 14 heavy (non-hydrogen) atoms. The summed E-state index contributed by atoms with van der Waals surface area (Å²) in [6.07, 6.45) is 12.3. The van der Waals surface area contributed by atoms with Crippen molar-refractivity contribution in [2.24, 2.45) is 10.4 Å². The van der Waals surface area contributed by atoms with Crippen molar-refractivity contribution in [3.8, 4) is 0 Å². The quantitative estimate of drug-likeness (QED) is 0.618. The zero-order chi connectivity index (χ0) is 10.4. The van der Waals surface area contributed by atoms with E-state index in [9.17, 15) is 0 Å². The lowest BCUT2D eigenvalue weighted by molar-refractivity contribution is 0.143. The van der Waals surface area contributed by atoms with Crippen molar-refractivity contribution in [2.45, 2.75) is 32.8 Å². The standard InChI is InChI=1S/C12H19NO/c1-4-12(2)8-7-11(14-3)6-5-9-13-10-12/h5,7-11H,4,6H2,1-3H3/b8-7+,9-5+,13-10?/t11-,12?/m0/s1. The Balaban J connectivity index is 2.83. The number of aliphatic imine (C=N–C) groups is 1. The molecule has 2 nitrogen and oxygen atoms in total.